The summed E-state index contributed by atoms with van der Waals surface area (Å²) in [6, 6.07) is 0. The Balaban J connectivity index is 2.29. The third-order valence-corrected chi connectivity index (χ3v) is 1.73. The van der Waals surface area contributed by atoms with Crippen molar-refractivity contribution in [2.75, 3.05) is 5.88 Å². The largest absolute Gasteiger partial charge is 0.253 e. The Hall–Kier alpha value is -0.830. The van der Waals surface area contributed by atoms with Crippen molar-refractivity contribution in [2.45, 2.75) is 13.0 Å². The van der Waals surface area contributed by atoms with Crippen LogP contribution in [0, 0.1) is 0 Å². The maximum Gasteiger partial charge on any atom is 0.137 e. The van der Waals surface area contributed by atoms with Crippen molar-refractivity contribution in [3.8, 4) is 0 Å². The number of halogens is 1. The third kappa shape index (κ3) is 2.72. The van der Waals surface area contributed by atoms with E-state index in [0.717, 1.165) is 18.5 Å². The number of nitrogens with zero attached hydrogens (tertiary/aromatic N) is 3. The first-order valence-corrected chi connectivity index (χ1v) is 3.91. The molecule has 60 valence electrons. The van der Waals surface area contributed by atoms with E-state index in [2.05, 4.69) is 16.7 Å². The summed E-state index contributed by atoms with van der Waals surface area (Å²) in [7, 11) is 0. The molecular weight excluding hydrogens is 162 g/mol. The van der Waals surface area contributed by atoms with Gasteiger partial charge in [0.1, 0.15) is 12.7 Å². The van der Waals surface area contributed by atoms with Crippen LogP contribution >= 0.6 is 11.6 Å². The molecule has 0 atom stereocenters. The molecule has 0 unspecified atom stereocenters. The topological polar surface area (TPSA) is 30.7 Å². The van der Waals surface area contributed by atoms with Crippen LogP contribution in [0.1, 0.15) is 6.42 Å². The average Bonchev–Trinajstić information content (AvgIpc) is 2.52. The molecule has 0 aliphatic carbocycles. The number of aromatic nitrogens is 3. The highest BCUT2D eigenvalue weighted by Crippen LogP contribution is 2.01. The van der Waals surface area contributed by atoms with Gasteiger partial charge >= 0.3 is 0 Å². The lowest BCUT2D eigenvalue weighted by atomic mass is 10.2. The molecule has 11 heavy (non-hydrogen) atoms. The Morgan fingerprint density at radius 2 is 2.45 bits per heavy atom. The summed E-state index contributed by atoms with van der Waals surface area (Å²) < 4.78 is 1.76. The van der Waals surface area contributed by atoms with Crippen LogP contribution in [0.5, 0.6) is 0 Å². The molecule has 0 saturated carbocycles. The van der Waals surface area contributed by atoms with Gasteiger partial charge in [0.15, 0.2) is 0 Å². The van der Waals surface area contributed by atoms with Crippen LogP contribution in [-0.4, -0.2) is 20.6 Å². The van der Waals surface area contributed by atoms with Crippen LogP contribution in [0.25, 0.3) is 0 Å². The second-order valence-electron chi connectivity index (χ2n) is 2.29. The molecule has 1 heterocycles. The Kier molecular flexibility index (Phi) is 3.11. The lowest BCUT2D eigenvalue weighted by Crippen LogP contribution is -1.99. The number of aryl methyl sites for hydroxylation is 1. The molecule has 0 amide bonds. The Labute approximate surface area is 70.7 Å². The Bertz CT molecular complexity index is 218. The summed E-state index contributed by atoms with van der Waals surface area (Å²) in [6.45, 7) is 4.59. The van der Waals surface area contributed by atoms with Gasteiger partial charge in [-0.1, -0.05) is 12.2 Å². The zero-order valence-electron chi connectivity index (χ0n) is 6.20. The van der Waals surface area contributed by atoms with Gasteiger partial charge < -0.3 is 0 Å². The number of hydrogen-bond acceptors (Lipinski definition) is 2. The normalized spacial score (nSPS) is 9.91. The van der Waals surface area contributed by atoms with Crippen molar-refractivity contribution in [1.82, 2.24) is 14.8 Å². The van der Waals surface area contributed by atoms with Crippen LogP contribution < -0.4 is 0 Å². The zero-order chi connectivity index (χ0) is 8.10. The first-order valence-electron chi connectivity index (χ1n) is 3.38. The molecule has 0 aliphatic rings. The standard InChI is InChI=1S/C7H10ClN3/c1-7(4-8)2-3-11-6-9-5-10-11/h5-6H,1-4H2. The van der Waals surface area contributed by atoms with Gasteiger partial charge in [-0.05, 0) is 6.42 Å². The molecule has 1 rings (SSSR count). The highest BCUT2D eigenvalue weighted by Gasteiger charge is 1.93. The first kappa shape index (κ1) is 8.27. The van der Waals surface area contributed by atoms with Crippen molar-refractivity contribution in [2.24, 2.45) is 0 Å². The quantitative estimate of drug-likeness (QED) is 0.507. The van der Waals surface area contributed by atoms with E-state index in [1.165, 1.54) is 6.33 Å². The smallest absolute Gasteiger partial charge is 0.137 e. The van der Waals surface area contributed by atoms with Gasteiger partial charge in [0.05, 0.1) is 0 Å². The number of alkyl halides is 1. The van der Waals surface area contributed by atoms with E-state index in [4.69, 9.17) is 11.6 Å². The van der Waals surface area contributed by atoms with Gasteiger partial charge in [-0.2, -0.15) is 5.10 Å². The SMILES string of the molecule is C=C(CCl)CCn1cncn1. The molecule has 0 bridgehead atoms. The molecule has 1 aromatic rings. The molecule has 0 spiro atoms. The summed E-state index contributed by atoms with van der Waals surface area (Å²) in [6.07, 6.45) is 4.07. The fourth-order valence-corrected chi connectivity index (χ4v) is 0.821. The second-order valence-corrected chi connectivity index (χ2v) is 2.56. The minimum Gasteiger partial charge on any atom is -0.253 e. The van der Waals surface area contributed by atoms with Gasteiger partial charge in [0.25, 0.3) is 0 Å². The summed E-state index contributed by atoms with van der Waals surface area (Å²) in [5.41, 5.74) is 1.03. The number of allylic oxidation sites excluding steroid dienone is 1. The van der Waals surface area contributed by atoms with Crippen LogP contribution in [0.15, 0.2) is 24.8 Å². The zero-order valence-corrected chi connectivity index (χ0v) is 6.96. The van der Waals surface area contributed by atoms with Crippen LogP contribution in [0.2, 0.25) is 0 Å². The van der Waals surface area contributed by atoms with E-state index in [9.17, 15) is 0 Å². The molecule has 0 aromatic carbocycles. The first-order chi connectivity index (χ1) is 5.33. The van der Waals surface area contributed by atoms with E-state index in [0.29, 0.717) is 5.88 Å². The monoisotopic (exact) mass is 171 g/mol. The van der Waals surface area contributed by atoms with Gasteiger partial charge in [-0.25, -0.2) is 4.98 Å². The molecule has 0 N–H and O–H groups in total. The highest BCUT2D eigenvalue weighted by atomic mass is 35.5. The third-order valence-electron chi connectivity index (χ3n) is 1.35. The molecule has 0 aliphatic heterocycles. The lowest BCUT2D eigenvalue weighted by molar-refractivity contribution is 0.612. The Morgan fingerprint density at radius 1 is 1.64 bits per heavy atom. The van der Waals surface area contributed by atoms with Crippen molar-refractivity contribution in [3.63, 3.8) is 0 Å². The van der Waals surface area contributed by atoms with Crippen LogP contribution in [0.4, 0.5) is 0 Å². The van der Waals surface area contributed by atoms with E-state index < -0.39 is 0 Å². The summed E-state index contributed by atoms with van der Waals surface area (Å²) >= 11 is 5.55. The molecule has 0 radical (unpaired) electrons. The minimum atomic E-state index is 0.523. The van der Waals surface area contributed by atoms with Crippen molar-refractivity contribution in [3.05, 3.63) is 24.8 Å². The van der Waals surface area contributed by atoms with Crippen molar-refractivity contribution >= 4 is 11.6 Å². The maximum absolute atomic E-state index is 5.55. The number of hydrogen-bond donors (Lipinski definition) is 0. The molecule has 0 saturated heterocycles. The predicted octanol–water partition coefficient (Wildman–Crippen LogP) is 1.46. The van der Waals surface area contributed by atoms with E-state index in [-0.39, 0.29) is 0 Å². The molecule has 4 heteroatoms. The second kappa shape index (κ2) is 4.13. The van der Waals surface area contributed by atoms with E-state index in [1.807, 2.05) is 0 Å². The molecular formula is C7H10ClN3. The van der Waals surface area contributed by atoms with Gasteiger partial charge in [0, 0.05) is 12.4 Å². The van der Waals surface area contributed by atoms with Gasteiger partial charge in [0.2, 0.25) is 0 Å². The van der Waals surface area contributed by atoms with Gasteiger partial charge in [-0.3, -0.25) is 4.68 Å². The van der Waals surface area contributed by atoms with E-state index in [1.54, 1.807) is 11.0 Å². The number of rotatable bonds is 4. The fraction of sp³-hybridized carbons (Fsp3) is 0.429. The summed E-state index contributed by atoms with van der Waals surface area (Å²) in [4.78, 5) is 3.82. The van der Waals surface area contributed by atoms with Crippen molar-refractivity contribution < 1.29 is 0 Å². The minimum absolute atomic E-state index is 0.523. The fourth-order valence-electron chi connectivity index (χ4n) is 0.688. The molecule has 1 aromatic heterocycles. The van der Waals surface area contributed by atoms with Crippen molar-refractivity contribution in [1.29, 1.82) is 0 Å². The average molecular weight is 172 g/mol. The van der Waals surface area contributed by atoms with E-state index >= 15 is 0 Å². The lowest BCUT2D eigenvalue weighted by Gasteiger charge is -1.99. The molecule has 0 fully saturated rings. The van der Waals surface area contributed by atoms with Crippen LogP contribution in [0.3, 0.4) is 0 Å². The van der Waals surface area contributed by atoms with Crippen LogP contribution in [-0.2, 0) is 6.54 Å². The predicted molar refractivity (Wildman–Crippen MR) is 44.5 cm³/mol. The summed E-state index contributed by atoms with van der Waals surface area (Å²) in [5.74, 6) is 0.523. The Morgan fingerprint density at radius 3 is 3.00 bits per heavy atom. The maximum atomic E-state index is 5.55. The highest BCUT2D eigenvalue weighted by molar-refractivity contribution is 6.19. The van der Waals surface area contributed by atoms with Gasteiger partial charge in [-0.15, -0.1) is 11.6 Å². The summed E-state index contributed by atoms with van der Waals surface area (Å²) in [5, 5.41) is 3.94. The molecule has 3 nitrogen and oxygen atoms in total.